The molecule has 8 heteroatoms. The van der Waals surface area contributed by atoms with Gasteiger partial charge >= 0.3 is 6.03 Å². The molecule has 0 aliphatic carbocycles. The standard InChI is InChI=1S/C13H14N6O2/c1-7(2)19-17-11(16-18-19)9-5-3-8(4-6-9)10-12(20)15-13(21)14-10/h3-7,10H,1-2H3,(H2,14,15,20,21). The monoisotopic (exact) mass is 286 g/mol. The fourth-order valence-corrected chi connectivity index (χ4v) is 2.04. The fourth-order valence-electron chi connectivity index (χ4n) is 2.04. The second-order valence-corrected chi connectivity index (χ2v) is 5.04. The van der Waals surface area contributed by atoms with E-state index in [1.807, 2.05) is 13.8 Å². The molecule has 0 bridgehead atoms. The number of amides is 3. The predicted molar refractivity (Wildman–Crippen MR) is 73.1 cm³/mol. The van der Waals surface area contributed by atoms with E-state index in [1.165, 1.54) is 4.80 Å². The van der Waals surface area contributed by atoms with Crippen LogP contribution in [0.2, 0.25) is 0 Å². The Balaban J connectivity index is 1.83. The summed E-state index contributed by atoms with van der Waals surface area (Å²) in [7, 11) is 0. The van der Waals surface area contributed by atoms with Crippen LogP contribution in [0.4, 0.5) is 4.79 Å². The average molecular weight is 286 g/mol. The number of aromatic nitrogens is 4. The van der Waals surface area contributed by atoms with Gasteiger partial charge in [-0.15, -0.1) is 10.2 Å². The van der Waals surface area contributed by atoms with Crippen LogP contribution in [0.3, 0.4) is 0 Å². The first-order valence-electron chi connectivity index (χ1n) is 6.56. The van der Waals surface area contributed by atoms with Gasteiger partial charge in [-0.1, -0.05) is 24.3 Å². The predicted octanol–water partition coefficient (Wildman–Crippen LogP) is 0.801. The summed E-state index contributed by atoms with van der Waals surface area (Å²) < 4.78 is 0. The summed E-state index contributed by atoms with van der Waals surface area (Å²) in [6, 6.07) is 6.15. The highest BCUT2D eigenvalue weighted by Gasteiger charge is 2.30. The molecular formula is C13H14N6O2. The molecule has 108 valence electrons. The van der Waals surface area contributed by atoms with Crippen molar-refractivity contribution in [1.82, 2.24) is 30.8 Å². The quantitative estimate of drug-likeness (QED) is 0.813. The van der Waals surface area contributed by atoms with Gasteiger partial charge in [0.25, 0.3) is 5.91 Å². The maximum atomic E-state index is 11.6. The molecular weight excluding hydrogens is 272 g/mol. The number of hydrogen-bond acceptors (Lipinski definition) is 5. The van der Waals surface area contributed by atoms with E-state index in [0.717, 1.165) is 5.56 Å². The minimum absolute atomic E-state index is 0.142. The summed E-state index contributed by atoms with van der Waals surface area (Å²) in [5, 5.41) is 17.0. The van der Waals surface area contributed by atoms with Crippen LogP contribution in [-0.4, -0.2) is 32.1 Å². The smallest absolute Gasteiger partial charge is 0.322 e. The normalized spacial score (nSPS) is 18.0. The van der Waals surface area contributed by atoms with Crippen LogP contribution in [0.15, 0.2) is 24.3 Å². The lowest BCUT2D eigenvalue weighted by molar-refractivity contribution is -0.120. The van der Waals surface area contributed by atoms with E-state index >= 15 is 0 Å². The lowest BCUT2D eigenvalue weighted by Crippen LogP contribution is -2.22. The van der Waals surface area contributed by atoms with Gasteiger partial charge < -0.3 is 5.32 Å². The lowest BCUT2D eigenvalue weighted by atomic mass is 10.0. The SMILES string of the molecule is CC(C)n1nnc(-c2ccc(C3NC(=O)NC3=O)cc2)n1. The van der Waals surface area contributed by atoms with Crippen molar-refractivity contribution in [2.75, 3.05) is 0 Å². The Hall–Kier alpha value is -2.77. The maximum absolute atomic E-state index is 11.6. The van der Waals surface area contributed by atoms with Crippen molar-refractivity contribution in [3.63, 3.8) is 0 Å². The van der Waals surface area contributed by atoms with Crippen molar-refractivity contribution >= 4 is 11.9 Å². The Morgan fingerprint density at radius 2 is 1.90 bits per heavy atom. The zero-order chi connectivity index (χ0) is 15.0. The number of nitrogens with zero attached hydrogens (tertiary/aromatic N) is 4. The van der Waals surface area contributed by atoms with Crippen molar-refractivity contribution < 1.29 is 9.59 Å². The van der Waals surface area contributed by atoms with E-state index in [2.05, 4.69) is 26.0 Å². The molecule has 1 aromatic heterocycles. The largest absolute Gasteiger partial charge is 0.322 e. The molecule has 2 aromatic rings. The van der Waals surface area contributed by atoms with Gasteiger partial charge in [-0.2, -0.15) is 4.80 Å². The van der Waals surface area contributed by atoms with E-state index in [9.17, 15) is 9.59 Å². The maximum Gasteiger partial charge on any atom is 0.322 e. The van der Waals surface area contributed by atoms with Gasteiger partial charge in [-0.25, -0.2) is 4.79 Å². The second-order valence-electron chi connectivity index (χ2n) is 5.04. The number of tetrazole rings is 1. The highest BCUT2D eigenvalue weighted by Crippen LogP contribution is 2.21. The Bertz CT molecular complexity index is 691. The van der Waals surface area contributed by atoms with Crippen LogP contribution in [0.5, 0.6) is 0 Å². The van der Waals surface area contributed by atoms with E-state index < -0.39 is 12.1 Å². The van der Waals surface area contributed by atoms with Gasteiger partial charge in [0.05, 0.1) is 6.04 Å². The fraction of sp³-hybridized carbons (Fsp3) is 0.308. The molecule has 1 fully saturated rings. The van der Waals surface area contributed by atoms with Crippen LogP contribution in [0.1, 0.15) is 31.5 Å². The molecule has 8 nitrogen and oxygen atoms in total. The molecule has 1 aliphatic heterocycles. The average Bonchev–Trinajstić information content (AvgIpc) is 3.06. The van der Waals surface area contributed by atoms with Crippen LogP contribution in [0.25, 0.3) is 11.4 Å². The number of carbonyl (C=O) groups is 2. The summed E-state index contributed by atoms with van der Waals surface area (Å²) in [6.07, 6.45) is 0. The molecule has 1 unspecified atom stereocenters. The molecule has 1 saturated heterocycles. The molecule has 3 amide bonds. The number of carbonyl (C=O) groups excluding carboxylic acids is 2. The van der Waals surface area contributed by atoms with Crippen LogP contribution >= 0.6 is 0 Å². The van der Waals surface area contributed by atoms with Crippen molar-refractivity contribution in [2.45, 2.75) is 25.9 Å². The van der Waals surface area contributed by atoms with E-state index in [-0.39, 0.29) is 11.9 Å². The zero-order valence-corrected chi connectivity index (χ0v) is 11.6. The summed E-state index contributed by atoms with van der Waals surface area (Å²) in [5.74, 6) is 0.173. The number of hydrogen-bond donors (Lipinski definition) is 2. The molecule has 0 radical (unpaired) electrons. The molecule has 21 heavy (non-hydrogen) atoms. The molecule has 0 saturated carbocycles. The number of rotatable bonds is 3. The molecule has 2 N–H and O–H groups in total. The molecule has 2 heterocycles. The lowest BCUT2D eigenvalue weighted by Gasteiger charge is -2.07. The van der Waals surface area contributed by atoms with Crippen molar-refractivity contribution in [3.8, 4) is 11.4 Å². The van der Waals surface area contributed by atoms with E-state index in [1.54, 1.807) is 24.3 Å². The summed E-state index contributed by atoms with van der Waals surface area (Å²) in [5.41, 5.74) is 1.51. The van der Waals surface area contributed by atoms with E-state index in [4.69, 9.17) is 0 Å². The van der Waals surface area contributed by atoms with Crippen LogP contribution in [-0.2, 0) is 4.79 Å². The second kappa shape index (κ2) is 4.97. The Morgan fingerprint density at radius 3 is 2.43 bits per heavy atom. The summed E-state index contributed by atoms with van der Waals surface area (Å²) in [6.45, 7) is 3.94. The highest BCUT2D eigenvalue weighted by molar-refractivity contribution is 6.04. The highest BCUT2D eigenvalue weighted by atomic mass is 16.2. The number of benzene rings is 1. The Kier molecular flexibility index (Phi) is 3.13. The summed E-state index contributed by atoms with van der Waals surface area (Å²) in [4.78, 5) is 24.2. The van der Waals surface area contributed by atoms with Gasteiger partial charge in [-0.3, -0.25) is 10.1 Å². The minimum atomic E-state index is -0.647. The topological polar surface area (TPSA) is 102 Å². The van der Waals surface area contributed by atoms with Crippen molar-refractivity contribution in [3.05, 3.63) is 29.8 Å². The van der Waals surface area contributed by atoms with Crippen molar-refractivity contribution in [2.24, 2.45) is 0 Å². The molecule has 1 aliphatic rings. The van der Waals surface area contributed by atoms with Gasteiger partial charge in [0, 0.05) is 5.56 Å². The molecule has 1 aromatic carbocycles. The molecule has 0 spiro atoms. The zero-order valence-electron chi connectivity index (χ0n) is 11.6. The first kappa shape index (κ1) is 13.2. The van der Waals surface area contributed by atoms with Crippen molar-refractivity contribution in [1.29, 1.82) is 0 Å². The Labute approximate surface area is 120 Å². The van der Waals surface area contributed by atoms with E-state index in [0.29, 0.717) is 11.4 Å². The number of nitrogens with one attached hydrogen (secondary N) is 2. The number of urea groups is 1. The first-order chi connectivity index (χ1) is 10.0. The molecule has 3 rings (SSSR count). The van der Waals surface area contributed by atoms with Crippen LogP contribution in [0, 0.1) is 0 Å². The van der Waals surface area contributed by atoms with Gasteiger partial charge in [0.15, 0.2) is 0 Å². The molecule has 1 atom stereocenters. The van der Waals surface area contributed by atoms with Crippen LogP contribution < -0.4 is 10.6 Å². The van der Waals surface area contributed by atoms with Gasteiger partial charge in [-0.05, 0) is 24.6 Å². The Morgan fingerprint density at radius 1 is 1.19 bits per heavy atom. The third-order valence-corrected chi connectivity index (χ3v) is 3.17. The minimum Gasteiger partial charge on any atom is -0.322 e. The third kappa shape index (κ3) is 2.47. The van der Waals surface area contributed by atoms with Gasteiger partial charge in [0.1, 0.15) is 6.04 Å². The first-order valence-corrected chi connectivity index (χ1v) is 6.56. The number of imide groups is 1. The van der Waals surface area contributed by atoms with Gasteiger partial charge in [0.2, 0.25) is 5.82 Å². The third-order valence-electron chi connectivity index (χ3n) is 3.17. The summed E-state index contributed by atoms with van der Waals surface area (Å²) >= 11 is 0.